The second-order valence-electron chi connectivity index (χ2n) is 2.89. The Hall–Kier alpha value is -1.84. The number of rotatable bonds is 2. The van der Waals surface area contributed by atoms with Crippen molar-refractivity contribution < 1.29 is 4.39 Å². The molecule has 0 fully saturated rings. The molecule has 0 aliphatic rings. The molecule has 0 aliphatic heterocycles. The van der Waals surface area contributed by atoms with E-state index in [1.807, 2.05) is 6.07 Å². The maximum atomic E-state index is 13.5. The molecule has 0 aliphatic carbocycles. The molecule has 1 N–H and O–H groups in total. The topological polar surface area (TPSA) is 29.9 Å². The van der Waals surface area contributed by atoms with Crippen LogP contribution in [0.3, 0.4) is 0 Å². The van der Waals surface area contributed by atoms with Gasteiger partial charge in [-0.05, 0) is 18.2 Å². The molecule has 1 aromatic heterocycles. The average molecular weight is 191 g/mol. The van der Waals surface area contributed by atoms with Gasteiger partial charge in [-0.3, -0.25) is 0 Å². The summed E-state index contributed by atoms with van der Waals surface area (Å²) in [5, 5.41) is 2.88. The number of anilines is 1. The first-order valence-corrected chi connectivity index (χ1v) is 4.27. The minimum Gasteiger partial charge on any atom is -0.388 e. The Kier molecular flexibility index (Phi) is 2.18. The number of nitrogens with one attached hydrogen (secondary N) is 1. The van der Waals surface area contributed by atoms with Crippen molar-refractivity contribution >= 4 is 5.69 Å². The first kappa shape index (κ1) is 8.74. The fourth-order valence-corrected chi connectivity index (χ4v) is 1.27. The van der Waals surface area contributed by atoms with Crippen LogP contribution in [0.2, 0.25) is 0 Å². The SMILES string of the molecule is CNc1ccc(-n2ccnc2)c(F)c1. The molecule has 1 aromatic carbocycles. The lowest BCUT2D eigenvalue weighted by Crippen LogP contribution is -1.96. The maximum Gasteiger partial charge on any atom is 0.149 e. The molecule has 72 valence electrons. The Morgan fingerprint density at radius 3 is 2.86 bits per heavy atom. The molecule has 0 radical (unpaired) electrons. The van der Waals surface area contributed by atoms with E-state index in [1.165, 1.54) is 6.07 Å². The molecular formula is C10H10FN3. The highest BCUT2D eigenvalue weighted by molar-refractivity contribution is 5.49. The van der Waals surface area contributed by atoms with Crippen molar-refractivity contribution in [3.8, 4) is 5.69 Å². The Morgan fingerprint density at radius 2 is 2.29 bits per heavy atom. The molecule has 0 spiro atoms. The summed E-state index contributed by atoms with van der Waals surface area (Å²) in [6, 6.07) is 4.98. The molecule has 0 saturated heterocycles. The zero-order valence-electron chi connectivity index (χ0n) is 7.74. The van der Waals surface area contributed by atoms with Gasteiger partial charge in [-0.1, -0.05) is 0 Å². The average Bonchev–Trinajstić information content (AvgIpc) is 2.70. The van der Waals surface area contributed by atoms with Crippen LogP contribution < -0.4 is 5.32 Å². The molecule has 2 rings (SSSR count). The summed E-state index contributed by atoms with van der Waals surface area (Å²) in [4.78, 5) is 3.86. The molecule has 4 heteroatoms. The van der Waals surface area contributed by atoms with Crippen LogP contribution in [0.1, 0.15) is 0 Å². The summed E-state index contributed by atoms with van der Waals surface area (Å²) in [7, 11) is 1.76. The van der Waals surface area contributed by atoms with Crippen LogP contribution in [-0.4, -0.2) is 16.6 Å². The number of benzene rings is 1. The highest BCUT2D eigenvalue weighted by Crippen LogP contribution is 2.17. The van der Waals surface area contributed by atoms with Crippen molar-refractivity contribution in [2.45, 2.75) is 0 Å². The molecule has 3 nitrogen and oxygen atoms in total. The van der Waals surface area contributed by atoms with Gasteiger partial charge in [-0.15, -0.1) is 0 Å². The van der Waals surface area contributed by atoms with Gasteiger partial charge in [0.05, 0.1) is 12.0 Å². The zero-order chi connectivity index (χ0) is 9.97. The minimum atomic E-state index is -0.269. The van der Waals surface area contributed by atoms with E-state index in [0.29, 0.717) is 5.69 Å². The van der Waals surface area contributed by atoms with Gasteiger partial charge in [0.25, 0.3) is 0 Å². The Bertz CT molecular complexity index is 423. The van der Waals surface area contributed by atoms with Crippen LogP contribution in [0.5, 0.6) is 0 Å². The second kappa shape index (κ2) is 3.49. The summed E-state index contributed by atoms with van der Waals surface area (Å²) < 4.78 is 15.1. The van der Waals surface area contributed by atoms with Gasteiger partial charge in [0.1, 0.15) is 5.82 Å². The number of hydrogen-bond acceptors (Lipinski definition) is 2. The lowest BCUT2D eigenvalue weighted by Gasteiger charge is -2.05. The van der Waals surface area contributed by atoms with E-state index in [-0.39, 0.29) is 5.82 Å². The first-order chi connectivity index (χ1) is 6.81. The largest absolute Gasteiger partial charge is 0.388 e. The third-order valence-electron chi connectivity index (χ3n) is 2.02. The number of imidazole rings is 1. The van der Waals surface area contributed by atoms with E-state index in [9.17, 15) is 4.39 Å². The van der Waals surface area contributed by atoms with Crippen molar-refractivity contribution in [1.29, 1.82) is 0 Å². The molecule has 0 bridgehead atoms. The van der Waals surface area contributed by atoms with Crippen LogP contribution in [0, 0.1) is 5.82 Å². The highest BCUT2D eigenvalue weighted by Gasteiger charge is 2.03. The van der Waals surface area contributed by atoms with E-state index >= 15 is 0 Å². The number of nitrogens with zero attached hydrogens (tertiary/aromatic N) is 2. The third-order valence-corrected chi connectivity index (χ3v) is 2.02. The standard InChI is InChI=1S/C10H10FN3/c1-12-8-2-3-10(9(11)6-8)14-5-4-13-7-14/h2-7,12H,1H3. The van der Waals surface area contributed by atoms with Crippen molar-refractivity contribution in [1.82, 2.24) is 9.55 Å². The quantitative estimate of drug-likeness (QED) is 0.787. The molecule has 1 heterocycles. The van der Waals surface area contributed by atoms with E-state index in [4.69, 9.17) is 0 Å². The van der Waals surface area contributed by atoms with Crippen molar-refractivity contribution in [3.05, 3.63) is 42.7 Å². The van der Waals surface area contributed by atoms with Gasteiger partial charge in [0.2, 0.25) is 0 Å². The van der Waals surface area contributed by atoms with E-state index < -0.39 is 0 Å². The smallest absolute Gasteiger partial charge is 0.149 e. The van der Waals surface area contributed by atoms with Crippen molar-refractivity contribution in [2.75, 3.05) is 12.4 Å². The second-order valence-corrected chi connectivity index (χ2v) is 2.89. The van der Waals surface area contributed by atoms with Gasteiger partial charge < -0.3 is 9.88 Å². The van der Waals surface area contributed by atoms with Crippen LogP contribution in [0.25, 0.3) is 5.69 Å². The van der Waals surface area contributed by atoms with Gasteiger partial charge in [-0.2, -0.15) is 0 Å². The summed E-state index contributed by atoms with van der Waals surface area (Å²) in [6.07, 6.45) is 4.89. The maximum absolute atomic E-state index is 13.5. The van der Waals surface area contributed by atoms with E-state index in [1.54, 1.807) is 36.4 Å². The van der Waals surface area contributed by atoms with Gasteiger partial charge in [0.15, 0.2) is 0 Å². The molecule has 0 unspecified atom stereocenters. The minimum absolute atomic E-state index is 0.269. The first-order valence-electron chi connectivity index (χ1n) is 4.27. The van der Waals surface area contributed by atoms with E-state index in [0.717, 1.165) is 5.69 Å². The fraction of sp³-hybridized carbons (Fsp3) is 0.100. The van der Waals surface area contributed by atoms with Gasteiger partial charge >= 0.3 is 0 Å². The van der Waals surface area contributed by atoms with Crippen molar-refractivity contribution in [3.63, 3.8) is 0 Å². The number of aromatic nitrogens is 2. The van der Waals surface area contributed by atoms with E-state index in [2.05, 4.69) is 10.3 Å². The zero-order valence-corrected chi connectivity index (χ0v) is 7.74. The predicted molar refractivity (Wildman–Crippen MR) is 53.1 cm³/mol. The Morgan fingerprint density at radius 1 is 1.43 bits per heavy atom. The van der Waals surface area contributed by atoms with Crippen molar-refractivity contribution in [2.24, 2.45) is 0 Å². The monoisotopic (exact) mass is 191 g/mol. The summed E-state index contributed by atoms with van der Waals surface area (Å²) in [5.41, 5.74) is 1.26. The lowest BCUT2D eigenvalue weighted by atomic mass is 10.2. The molecule has 14 heavy (non-hydrogen) atoms. The van der Waals surface area contributed by atoms with Crippen LogP contribution in [0.4, 0.5) is 10.1 Å². The highest BCUT2D eigenvalue weighted by atomic mass is 19.1. The van der Waals surface area contributed by atoms with Crippen LogP contribution in [0.15, 0.2) is 36.9 Å². The molecule has 2 aromatic rings. The molecule has 0 atom stereocenters. The predicted octanol–water partition coefficient (Wildman–Crippen LogP) is 2.05. The fourth-order valence-electron chi connectivity index (χ4n) is 1.27. The Balaban J connectivity index is 2.46. The summed E-state index contributed by atoms with van der Waals surface area (Å²) >= 11 is 0. The number of hydrogen-bond donors (Lipinski definition) is 1. The molecular weight excluding hydrogens is 181 g/mol. The normalized spacial score (nSPS) is 10.1. The summed E-state index contributed by atoms with van der Waals surface area (Å²) in [5.74, 6) is -0.269. The molecule has 0 saturated carbocycles. The summed E-state index contributed by atoms with van der Waals surface area (Å²) in [6.45, 7) is 0. The molecule has 0 amide bonds. The van der Waals surface area contributed by atoms with Gasteiger partial charge in [-0.25, -0.2) is 9.37 Å². The third kappa shape index (κ3) is 1.46. The lowest BCUT2D eigenvalue weighted by molar-refractivity contribution is 0.618. The van der Waals surface area contributed by atoms with Crippen LogP contribution >= 0.6 is 0 Å². The van der Waals surface area contributed by atoms with Crippen LogP contribution in [-0.2, 0) is 0 Å². The Labute approximate surface area is 81.2 Å². The van der Waals surface area contributed by atoms with Gasteiger partial charge in [0, 0.05) is 25.1 Å². The number of halogens is 1.